The van der Waals surface area contributed by atoms with E-state index >= 15 is 0 Å². The minimum Gasteiger partial charge on any atom is -0.381 e. The number of carbonyl (C=O) groups is 1. The van der Waals surface area contributed by atoms with E-state index in [1.54, 1.807) is 0 Å². The van der Waals surface area contributed by atoms with Gasteiger partial charge < -0.3 is 20.5 Å². The first-order valence-corrected chi connectivity index (χ1v) is 8.48. The van der Waals surface area contributed by atoms with Gasteiger partial charge in [0.1, 0.15) is 0 Å². The highest BCUT2D eigenvalue weighted by Gasteiger charge is 2.13. The first kappa shape index (κ1) is 20.9. The van der Waals surface area contributed by atoms with Crippen LogP contribution in [-0.4, -0.2) is 38.9 Å². The number of nitrogens with one attached hydrogen (secondary N) is 1. The number of ether oxygens (including phenoxy) is 2. The van der Waals surface area contributed by atoms with Crippen molar-refractivity contribution >= 4 is 18.3 Å². The van der Waals surface area contributed by atoms with Gasteiger partial charge in [-0.2, -0.15) is 0 Å². The minimum absolute atomic E-state index is 0. The lowest BCUT2D eigenvalue weighted by atomic mass is 10.0. The van der Waals surface area contributed by atoms with Crippen LogP contribution in [0.3, 0.4) is 0 Å². The molecule has 136 valence electrons. The second kappa shape index (κ2) is 12.3. The number of carbonyl (C=O) groups excluding carboxylic acids is 1. The molecule has 0 bridgehead atoms. The number of halogens is 1. The molecule has 0 radical (unpaired) electrons. The van der Waals surface area contributed by atoms with E-state index in [1.807, 2.05) is 30.3 Å². The van der Waals surface area contributed by atoms with Gasteiger partial charge in [0.2, 0.25) is 5.91 Å². The molecule has 3 N–H and O–H groups in total. The second-order valence-electron chi connectivity index (χ2n) is 6.06. The summed E-state index contributed by atoms with van der Waals surface area (Å²) in [4.78, 5) is 11.9. The van der Waals surface area contributed by atoms with E-state index in [0.29, 0.717) is 25.5 Å². The summed E-state index contributed by atoms with van der Waals surface area (Å²) >= 11 is 0. The van der Waals surface area contributed by atoms with Gasteiger partial charge >= 0.3 is 0 Å². The van der Waals surface area contributed by atoms with E-state index in [-0.39, 0.29) is 24.4 Å². The second-order valence-corrected chi connectivity index (χ2v) is 6.06. The summed E-state index contributed by atoms with van der Waals surface area (Å²) < 4.78 is 11.0. The topological polar surface area (TPSA) is 73.6 Å². The van der Waals surface area contributed by atoms with Gasteiger partial charge in [0, 0.05) is 45.4 Å². The van der Waals surface area contributed by atoms with Gasteiger partial charge in [-0.15, -0.1) is 12.4 Å². The smallest absolute Gasteiger partial charge is 0.221 e. The number of rotatable bonds is 9. The van der Waals surface area contributed by atoms with Crippen molar-refractivity contribution in [2.24, 2.45) is 11.7 Å². The van der Waals surface area contributed by atoms with Crippen LogP contribution in [0.5, 0.6) is 0 Å². The van der Waals surface area contributed by atoms with E-state index in [4.69, 9.17) is 15.2 Å². The SMILES string of the molecule is Cl.NC(CC(=O)NCCCOCC1CCOCC1)c1ccccc1. The Hall–Kier alpha value is -1.14. The Morgan fingerprint density at radius 3 is 2.71 bits per heavy atom. The van der Waals surface area contributed by atoms with Crippen molar-refractivity contribution in [3.05, 3.63) is 35.9 Å². The van der Waals surface area contributed by atoms with Crippen molar-refractivity contribution in [3.63, 3.8) is 0 Å². The van der Waals surface area contributed by atoms with Gasteiger partial charge in [0.15, 0.2) is 0 Å². The molecule has 0 aromatic heterocycles. The Labute approximate surface area is 150 Å². The van der Waals surface area contributed by atoms with Crippen molar-refractivity contribution in [1.82, 2.24) is 5.32 Å². The van der Waals surface area contributed by atoms with E-state index in [1.165, 1.54) is 0 Å². The van der Waals surface area contributed by atoms with Crippen molar-refractivity contribution in [1.29, 1.82) is 0 Å². The number of amides is 1. The summed E-state index contributed by atoms with van der Waals surface area (Å²) in [5.41, 5.74) is 7.02. The quantitative estimate of drug-likeness (QED) is 0.666. The van der Waals surface area contributed by atoms with Crippen LogP contribution in [0.15, 0.2) is 30.3 Å². The number of hydrogen-bond acceptors (Lipinski definition) is 4. The third kappa shape index (κ3) is 8.11. The molecule has 24 heavy (non-hydrogen) atoms. The Bertz CT molecular complexity index is 453. The fourth-order valence-corrected chi connectivity index (χ4v) is 2.66. The largest absolute Gasteiger partial charge is 0.381 e. The number of nitrogens with two attached hydrogens (primary N) is 1. The third-order valence-electron chi connectivity index (χ3n) is 4.12. The fourth-order valence-electron chi connectivity index (χ4n) is 2.66. The van der Waals surface area contributed by atoms with Crippen LogP contribution < -0.4 is 11.1 Å². The molecule has 1 aliphatic rings. The highest BCUT2D eigenvalue weighted by atomic mass is 35.5. The van der Waals surface area contributed by atoms with Gasteiger partial charge in [-0.1, -0.05) is 30.3 Å². The number of hydrogen-bond donors (Lipinski definition) is 2. The summed E-state index contributed by atoms with van der Waals surface area (Å²) in [6.45, 7) is 3.82. The molecule has 1 fully saturated rings. The lowest BCUT2D eigenvalue weighted by molar-refractivity contribution is -0.121. The average Bonchev–Trinajstić information content (AvgIpc) is 2.59. The first-order valence-electron chi connectivity index (χ1n) is 8.48. The van der Waals surface area contributed by atoms with Crippen LogP contribution in [-0.2, 0) is 14.3 Å². The maximum absolute atomic E-state index is 11.9. The predicted octanol–water partition coefficient (Wildman–Crippen LogP) is 2.45. The Morgan fingerprint density at radius 2 is 2.00 bits per heavy atom. The zero-order valence-electron chi connectivity index (χ0n) is 14.1. The van der Waals surface area contributed by atoms with Crippen LogP contribution in [0.25, 0.3) is 0 Å². The van der Waals surface area contributed by atoms with E-state index in [2.05, 4.69) is 5.32 Å². The third-order valence-corrected chi connectivity index (χ3v) is 4.12. The van der Waals surface area contributed by atoms with Crippen LogP contribution in [0.2, 0.25) is 0 Å². The van der Waals surface area contributed by atoms with E-state index in [0.717, 1.165) is 44.6 Å². The summed E-state index contributed by atoms with van der Waals surface area (Å²) in [6.07, 6.45) is 3.32. The highest BCUT2D eigenvalue weighted by Crippen LogP contribution is 2.15. The van der Waals surface area contributed by atoms with Crippen molar-refractivity contribution in [2.45, 2.75) is 31.7 Å². The molecule has 0 spiro atoms. The molecule has 1 saturated heterocycles. The van der Waals surface area contributed by atoms with Gasteiger partial charge in [0.25, 0.3) is 0 Å². The molecule has 1 aliphatic heterocycles. The fraction of sp³-hybridized carbons (Fsp3) is 0.611. The maximum Gasteiger partial charge on any atom is 0.221 e. The summed E-state index contributed by atoms with van der Waals surface area (Å²) in [5, 5.41) is 2.90. The van der Waals surface area contributed by atoms with Crippen molar-refractivity contribution in [3.8, 4) is 0 Å². The first-order chi connectivity index (χ1) is 11.3. The molecular weight excluding hydrogens is 328 g/mol. The minimum atomic E-state index is -0.249. The van der Waals surface area contributed by atoms with Crippen LogP contribution in [0.1, 0.15) is 37.3 Å². The molecule has 6 heteroatoms. The molecule has 0 saturated carbocycles. The lowest BCUT2D eigenvalue weighted by Gasteiger charge is -2.21. The number of benzene rings is 1. The summed E-state index contributed by atoms with van der Waals surface area (Å²) in [6, 6.07) is 9.45. The standard InChI is InChI=1S/C18H28N2O3.ClH/c19-17(16-5-2-1-3-6-16)13-18(21)20-9-4-10-23-14-15-7-11-22-12-8-15;/h1-3,5-6,15,17H,4,7-14,19H2,(H,20,21);1H. The lowest BCUT2D eigenvalue weighted by Crippen LogP contribution is -2.29. The van der Waals surface area contributed by atoms with Gasteiger partial charge in [-0.3, -0.25) is 4.79 Å². The summed E-state index contributed by atoms with van der Waals surface area (Å²) in [5.74, 6) is 0.619. The van der Waals surface area contributed by atoms with Gasteiger partial charge in [-0.25, -0.2) is 0 Å². The molecule has 1 aromatic carbocycles. The molecule has 1 amide bonds. The Kier molecular flexibility index (Phi) is 10.7. The van der Waals surface area contributed by atoms with Gasteiger partial charge in [-0.05, 0) is 30.7 Å². The molecule has 1 atom stereocenters. The van der Waals surface area contributed by atoms with Crippen LogP contribution in [0.4, 0.5) is 0 Å². The monoisotopic (exact) mass is 356 g/mol. The molecule has 1 unspecified atom stereocenters. The Morgan fingerprint density at radius 1 is 1.29 bits per heavy atom. The van der Waals surface area contributed by atoms with Crippen molar-refractivity contribution < 1.29 is 14.3 Å². The molecule has 2 rings (SSSR count). The molecule has 1 aromatic rings. The van der Waals surface area contributed by atoms with E-state index in [9.17, 15) is 4.79 Å². The highest BCUT2D eigenvalue weighted by molar-refractivity contribution is 5.85. The zero-order chi connectivity index (χ0) is 16.3. The molecule has 5 nitrogen and oxygen atoms in total. The molecule has 1 heterocycles. The average molecular weight is 357 g/mol. The molecule has 0 aliphatic carbocycles. The van der Waals surface area contributed by atoms with Crippen LogP contribution >= 0.6 is 12.4 Å². The summed E-state index contributed by atoms with van der Waals surface area (Å²) in [7, 11) is 0. The zero-order valence-corrected chi connectivity index (χ0v) is 14.9. The molecular formula is C18H29ClN2O3. The van der Waals surface area contributed by atoms with E-state index < -0.39 is 0 Å². The maximum atomic E-state index is 11.9. The predicted molar refractivity (Wildman–Crippen MR) is 97.2 cm³/mol. The van der Waals surface area contributed by atoms with Gasteiger partial charge in [0.05, 0.1) is 0 Å². The van der Waals surface area contributed by atoms with Crippen LogP contribution in [0, 0.1) is 5.92 Å². The normalized spacial score (nSPS) is 16.2. The Balaban J connectivity index is 0.00000288. The van der Waals surface area contributed by atoms with Crippen molar-refractivity contribution in [2.75, 3.05) is 33.0 Å².